The number of halogens is 2. The molecule has 1 aromatic carbocycles. The maximum absolute atomic E-state index is 13.7. The van der Waals surface area contributed by atoms with Crippen LogP contribution in [0.2, 0.25) is 0 Å². The molecule has 0 saturated carbocycles. The molecule has 1 aromatic rings. The summed E-state index contributed by atoms with van der Waals surface area (Å²) in [6.45, 7) is 1.42. The number of alkyl halides is 2. The lowest BCUT2D eigenvalue weighted by Crippen LogP contribution is -2.28. The summed E-state index contributed by atoms with van der Waals surface area (Å²) in [4.78, 5) is 12.8. The SMILES string of the molecule is CCOC(=O)C(F)(F)c1cccc(N(C)C)c1. The molecule has 0 unspecified atom stereocenters. The minimum Gasteiger partial charge on any atom is -0.461 e. The minimum absolute atomic E-state index is 0.0677. The first-order chi connectivity index (χ1) is 7.89. The van der Waals surface area contributed by atoms with E-state index in [0.29, 0.717) is 5.69 Å². The number of hydrogen-bond acceptors (Lipinski definition) is 3. The fourth-order valence-corrected chi connectivity index (χ4v) is 1.32. The third-order valence-electron chi connectivity index (χ3n) is 2.26. The fraction of sp³-hybridized carbons (Fsp3) is 0.417. The molecule has 0 spiro atoms. The van der Waals surface area contributed by atoms with Crippen molar-refractivity contribution < 1.29 is 18.3 Å². The van der Waals surface area contributed by atoms with Gasteiger partial charge in [0.2, 0.25) is 0 Å². The zero-order valence-electron chi connectivity index (χ0n) is 10.0. The van der Waals surface area contributed by atoms with Gasteiger partial charge in [-0.3, -0.25) is 0 Å². The van der Waals surface area contributed by atoms with Crippen molar-refractivity contribution in [2.75, 3.05) is 25.6 Å². The number of carbonyl (C=O) groups is 1. The summed E-state index contributed by atoms with van der Waals surface area (Å²) in [6.07, 6.45) is 0. The Morgan fingerprint density at radius 1 is 1.41 bits per heavy atom. The zero-order valence-corrected chi connectivity index (χ0v) is 10.0. The summed E-state index contributed by atoms with van der Waals surface area (Å²) in [7, 11) is 3.48. The van der Waals surface area contributed by atoms with Gasteiger partial charge < -0.3 is 9.64 Å². The molecule has 0 aliphatic heterocycles. The predicted octanol–water partition coefficient (Wildman–Crippen LogP) is 2.41. The van der Waals surface area contributed by atoms with Gasteiger partial charge in [-0.2, -0.15) is 8.78 Å². The van der Waals surface area contributed by atoms with Crippen LogP contribution in [0.1, 0.15) is 12.5 Å². The molecule has 0 aliphatic carbocycles. The largest absolute Gasteiger partial charge is 0.461 e. The molecule has 1 rings (SSSR count). The van der Waals surface area contributed by atoms with Crippen molar-refractivity contribution in [3.8, 4) is 0 Å². The van der Waals surface area contributed by atoms with Gasteiger partial charge in [0, 0.05) is 25.3 Å². The normalized spacial score (nSPS) is 11.1. The first-order valence-corrected chi connectivity index (χ1v) is 5.22. The molecule has 0 saturated heterocycles. The monoisotopic (exact) mass is 243 g/mol. The van der Waals surface area contributed by atoms with Crippen LogP contribution in [0.25, 0.3) is 0 Å². The second-order valence-corrected chi connectivity index (χ2v) is 3.74. The summed E-state index contributed by atoms with van der Waals surface area (Å²) in [5.74, 6) is -5.13. The van der Waals surface area contributed by atoms with E-state index in [-0.39, 0.29) is 12.2 Å². The van der Waals surface area contributed by atoms with E-state index in [0.717, 1.165) is 0 Å². The van der Waals surface area contributed by atoms with E-state index in [2.05, 4.69) is 4.74 Å². The van der Waals surface area contributed by atoms with Crippen LogP contribution in [0, 0.1) is 0 Å². The van der Waals surface area contributed by atoms with Crippen LogP contribution in [0.3, 0.4) is 0 Å². The van der Waals surface area contributed by atoms with Crippen LogP contribution in [0.5, 0.6) is 0 Å². The lowest BCUT2D eigenvalue weighted by atomic mass is 10.1. The van der Waals surface area contributed by atoms with Gasteiger partial charge in [-0.25, -0.2) is 4.79 Å². The van der Waals surface area contributed by atoms with Crippen molar-refractivity contribution in [1.29, 1.82) is 0 Å². The fourth-order valence-electron chi connectivity index (χ4n) is 1.32. The molecule has 0 radical (unpaired) electrons. The molecule has 0 N–H and O–H groups in total. The Bertz CT molecular complexity index is 405. The third kappa shape index (κ3) is 2.93. The number of benzene rings is 1. The number of rotatable bonds is 4. The van der Waals surface area contributed by atoms with Crippen molar-refractivity contribution in [3.05, 3.63) is 29.8 Å². The second kappa shape index (κ2) is 5.12. The van der Waals surface area contributed by atoms with Gasteiger partial charge >= 0.3 is 11.9 Å². The molecule has 0 aromatic heterocycles. The van der Waals surface area contributed by atoms with Crippen LogP contribution in [0.4, 0.5) is 14.5 Å². The Morgan fingerprint density at radius 3 is 2.59 bits per heavy atom. The zero-order chi connectivity index (χ0) is 13.1. The van der Waals surface area contributed by atoms with E-state index in [1.807, 2.05) is 0 Å². The second-order valence-electron chi connectivity index (χ2n) is 3.74. The van der Waals surface area contributed by atoms with E-state index in [4.69, 9.17) is 0 Å². The van der Waals surface area contributed by atoms with Gasteiger partial charge in [0.1, 0.15) is 0 Å². The topological polar surface area (TPSA) is 29.5 Å². The Morgan fingerprint density at radius 2 is 2.06 bits per heavy atom. The molecule has 0 atom stereocenters. The van der Waals surface area contributed by atoms with E-state index >= 15 is 0 Å². The number of hydrogen-bond donors (Lipinski definition) is 0. The Labute approximate surface area is 99.0 Å². The number of esters is 1. The van der Waals surface area contributed by atoms with E-state index in [1.54, 1.807) is 25.1 Å². The number of anilines is 1. The van der Waals surface area contributed by atoms with Crippen LogP contribution < -0.4 is 4.90 Å². The molecule has 0 fully saturated rings. The molecule has 94 valence electrons. The third-order valence-corrected chi connectivity index (χ3v) is 2.26. The Hall–Kier alpha value is -1.65. The highest BCUT2D eigenvalue weighted by Gasteiger charge is 2.42. The maximum Gasteiger partial charge on any atom is 0.381 e. The highest BCUT2D eigenvalue weighted by atomic mass is 19.3. The van der Waals surface area contributed by atoms with Crippen LogP contribution >= 0.6 is 0 Å². The van der Waals surface area contributed by atoms with Gasteiger partial charge in [0.25, 0.3) is 0 Å². The van der Waals surface area contributed by atoms with Crippen molar-refractivity contribution >= 4 is 11.7 Å². The molecule has 0 heterocycles. The first-order valence-electron chi connectivity index (χ1n) is 5.22. The Kier molecular flexibility index (Phi) is 4.04. The summed E-state index contributed by atoms with van der Waals surface area (Å²) in [6, 6.07) is 5.66. The van der Waals surface area contributed by atoms with Gasteiger partial charge in [-0.1, -0.05) is 12.1 Å². The molecule has 3 nitrogen and oxygen atoms in total. The van der Waals surface area contributed by atoms with Crippen molar-refractivity contribution in [1.82, 2.24) is 0 Å². The Balaban J connectivity index is 3.06. The summed E-state index contributed by atoms with van der Waals surface area (Å²) < 4.78 is 31.7. The number of carbonyl (C=O) groups excluding carboxylic acids is 1. The lowest BCUT2D eigenvalue weighted by molar-refractivity contribution is -0.173. The summed E-state index contributed by atoms with van der Waals surface area (Å²) in [5.41, 5.74) is 0.244. The predicted molar refractivity (Wildman–Crippen MR) is 61.3 cm³/mol. The summed E-state index contributed by atoms with van der Waals surface area (Å²) >= 11 is 0. The van der Waals surface area contributed by atoms with Gasteiger partial charge in [-0.15, -0.1) is 0 Å². The molecular formula is C12H15F2NO2. The van der Waals surface area contributed by atoms with E-state index < -0.39 is 11.9 Å². The van der Waals surface area contributed by atoms with E-state index in [1.165, 1.54) is 25.1 Å². The average molecular weight is 243 g/mol. The van der Waals surface area contributed by atoms with Crippen LogP contribution in [-0.2, 0) is 15.5 Å². The first kappa shape index (κ1) is 13.4. The lowest BCUT2D eigenvalue weighted by Gasteiger charge is -2.18. The smallest absolute Gasteiger partial charge is 0.381 e. The maximum atomic E-state index is 13.7. The standard InChI is InChI=1S/C12H15F2NO2/c1-4-17-11(16)12(13,14)9-6-5-7-10(8-9)15(2)3/h5-8H,4H2,1-3H3. The molecule has 0 amide bonds. The quantitative estimate of drug-likeness (QED) is 0.760. The van der Waals surface area contributed by atoms with Crippen molar-refractivity contribution in [2.24, 2.45) is 0 Å². The molecular weight excluding hydrogens is 228 g/mol. The highest BCUT2D eigenvalue weighted by Crippen LogP contribution is 2.31. The molecule has 0 aliphatic rings. The van der Waals surface area contributed by atoms with Crippen LogP contribution in [-0.4, -0.2) is 26.7 Å². The van der Waals surface area contributed by atoms with Gasteiger partial charge in [-0.05, 0) is 19.1 Å². The molecule has 17 heavy (non-hydrogen) atoms. The van der Waals surface area contributed by atoms with Crippen molar-refractivity contribution in [2.45, 2.75) is 12.8 Å². The van der Waals surface area contributed by atoms with Crippen molar-refractivity contribution in [3.63, 3.8) is 0 Å². The summed E-state index contributed by atoms with van der Waals surface area (Å²) in [5, 5.41) is 0. The van der Waals surface area contributed by atoms with Gasteiger partial charge in [0.05, 0.1) is 6.61 Å². The molecule has 5 heteroatoms. The molecule has 0 bridgehead atoms. The number of nitrogens with zero attached hydrogens (tertiary/aromatic N) is 1. The average Bonchev–Trinajstić information content (AvgIpc) is 2.29. The van der Waals surface area contributed by atoms with Gasteiger partial charge in [0.15, 0.2) is 0 Å². The highest BCUT2D eigenvalue weighted by molar-refractivity contribution is 5.79. The van der Waals surface area contributed by atoms with E-state index in [9.17, 15) is 13.6 Å². The van der Waals surface area contributed by atoms with Crippen LogP contribution in [0.15, 0.2) is 24.3 Å². The minimum atomic E-state index is -3.61. The number of ether oxygens (including phenoxy) is 1.